The van der Waals surface area contributed by atoms with Crippen LogP contribution in [0.3, 0.4) is 0 Å². The van der Waals surface area contributed by atoms with Crippen LogP contribution in [0.25, 0.3) is 0 Å². The van der Waals surface area contributed by atoms with Crippen LogP contribution in [-0.2, 0) is 11.3 Å². The molecule has 0 aliphatic rings. The summed E-state index contributed by atoms with van der Waals surface area (Å²) in [6, 6.07) is 7.13. The first-order valence-electron chi connectivity index (χ1n) is 10.5. The van der Waals surface area contributed by atoms with Crippen LogP contribution in [0.2, 0.25) is 0 Å². The zero-order chi connectivity index (χ0) is 22.6. The molecule has 0 saturated heterocycles. The van der Waals surface area contributed by atoms with Crippen molar-refractivity contribution in [1.29, 1.82) is 0 Å². The van der Waals surface area contributed by atoms with E-state index >= 15 is 0 Å². The highest BCUT2D eigenvalue weighted by Crippen LogP contribution is 2.08. The number of primary amides is 1. The van der Waals surface area contributed by atoms with Crippen molar-refractivity contribution in [2.24, 2.45) is 10.7 Å². The van der Waals surface area contributed by atoms with Gasteiger partial charge in [0.25, 0.3) is 0 Å². The third kappa shape index (κ3) is 13.1. The summed E-state index contributed by atoms with van der Waals surface area (Å²) in [5, 5.41) is 9.45. The van der Waals surface area contributed by atoms with Crippen molar-refractivity contribution < 1.29 is 14.3 Å². The summed E-state index contributed by atoms with van der Waals surface area (Å²) >= 11 is 0. The van der Waals surface area contributed by atoms with Gasteiger partial charge in [-0.3, -0.25) is 4.79 Å². The number of nitrogens with zero attached hydrogens (tertiary/aromatic N) is 1. The second-order valence-corrected chi connectivity index (χ2v) is 8.13. The Kier molecular flexibility index (Phi) is 13.9. The Bertz CT molecular complexity index is 719. The van der Waals surface area contributed by atoms with Gasteiger partial charge in [0.05, 0.1) is 6.54 Å². The second-order valence-electron chi connectivity index (χ2n) is 8.13. The number of ether oxygens (including phenoxy) is 1. The Labute approximate surface area is 203 Å². The number of nitrogens with one attached hydrogen (secondary N) is 3. The first-order chi connectivity index (χ1) is 14.1. The lowest BCUT2D eigenvalue weighted by Crippen LogP contribution is -2.49. The third-order valence-electron chi connectivity index (χ3n) is 4.11. The summed E-state index contributed by atoms with van der Waals surface area (Å²) in [4.78, 5) is 28.0. The smallest absolute Gasteiger partial charge is 0.407 e. The first-order valence-corrected chi connectivity index (χ1v) is 10.5. The van der Waals surface area contributed by atoms with Crippen LogP contribution in [0.4, 0.5) is 4.79 Å². The molecular weight excluding hydrogens is 509 g/mol. The van der Waals surface area contributed by atoms with E-state index in [0.717, 1.165) is 24.8 Å². The van der Waals surface area contributed by atoms with Gasteiger partial charge < -0.3 is 26.4 Å². The van der Waals surface area contributed by atoms with E-state index in [1.807, 2.05) is 33.8 Å². The summed E-state index contributed by atoms with van der Waals surface area (Å²) in [6.45, 7) is 11.2. The molecule has 8 nitrogen and oxygen atoms in total. The Morgan fingerprint density at radius 1 is 1.19 bits per heavy atom. The van der Waals surface area contributed by atoms with Gasteiger partial charge in [0, 0.05) is 24.7 Å². The molecule has 31 heavy (non-hydrogen) atoms. The highest BCUT2D eigenvalue weighted by molar-refractivity contribution is 14.0. The quantitative estimate of drug-likeness (QED) is 0.203. The number of carbonyl (C=O) groups is 2. The maximum Gasteiger partial charge on any atom is 0.407 e. The van der Waals surface area contributed by atoms with Crippen molar-refractivity contribution in [1.82, 2.24) is 16.0 Å². The minimum atomic E-state index is -0.535. The average Bonchev–Trinajstić information content (AvgIpc) is 2.67. The van der Waals surface area contributed by atoms with Crippen molar-refractivity contribution in [2.45, 2.75) is 72.1 Å². The average molecular weight is 547 g/mol. The highest BCUT2D eigenvalue weighted by atomic mass is 127. The van der Waals surface area contributed by atoms with Gasteiger partial charge in [-0.05, 0) is 51.8 Å². The predicted octanol–water partition coefficient (Wildman–Crippen LogP) is 3.54. The maximum atomic E-state index is 12.0. The molecule has 0 saturated carbocycles. The largest absolute Gasteiger partial charge is 0.444 e. The van der Waals surface area contributed by atoms with E-state index < -0.39 is 17.6 Å². The summed E-state index contributed by atoms with van der Waals surface area (Å²) in [6.07, 6.45) is 2.52. The number of hydrogen-bond donors (Lipinski definition) is 4. The van der Waals surface area contributed by atoms with Crippen LogP contribution in [0.1, 0.15) is 69.8 Å². The minimum absolute atomic E-state index is 0. The fourth-order valence-corrected chi connectivity index (χ4v) is 2.70. The topological polar surface area (TPSA) is 118 Å². The summed E-state index contributed by atoms with van der Waals surface area (Å²) in [5.41, 5.74) is 6.17. The van der Waals surface area contributed by atoms with Gasteiger partial charge in [-0.2, -0.15) is 0 Å². The molecule has 0 fully saturated rings. The number of benzene rings is 1. The van der Waals surface area contributed by atoms with Gasteiger partial charge in [-0.1, -0.05) is 31.9 Å². The van der Waals surface area contributed by atoms with Gasteiger partial charge >= 0.3 is 6.09 Å². The zero-order valence-corrected chi connectivity index (χ0v) is 21.6. The van der Waals surface area contributed by atoms with Crippen LogP contribution in [0.5, 0.6) is 0 Å². The molecule has 176 valence electrons. The van der Waals surface area contributed by atoms with Crippen LogP contribution in [0, 0.1) is 0 Å². The van der Waals surface area contributed by atoms with Gasteiger partial charge in [-0.25, -0.2) is 9.79 Å². The Morgan fingerprint density at radius 2 is 1.90 bits per heavy atom. The van der Waals surface area contributed by atoms with Crippen LogP contribution in [0.15, 0.2) is 29.3 Å². The van der Waals surface area contributed by atoms with Gasteiger partial charge in [-0.15, -0.1) is 24.0 Å². The summed E-state index contributed by atoms with van der Waals surface area (Å²) < 4.78 is 5.32. The highest BCUT2D eigenvalue weighted by Gasteiger charge is 2.18. The predicted molar refractivity (Wildman–Crippen MR) is 136 cm³/mol. The lowest BCUT2D eigenvalue weighted by atomic mass is 10.1. The Balaban J connectivity index is 0.00000900. The number of amides is 2. The van der Waals surface area contributed by atoms with E-state index in [1.165, 1.54) is 0 Å². The molecule has 0 aliphatic heterocycles. The molecule has 1 aromatic rings. The van der Waals surface area contributed by atoms with E-state index in [9.17, 15) is 9.59 Å². The molecule has 0 spiro atoms. The van der Waals surface area contributed by atoms with E-state index in [0.29, 0.717) is 31.2 Å². The van der Waals surface area contributed by atoms with E-state index in [-0.39, 0.29) is 30.0 Å². The van der Waals surface area contributed by atoms with Crippen molar-refractivity contribution >= 4 is 41.9 Å². The second kappa shape index (κ2) is 14.9. The Morgan fingerprint density at radius 3 is 2.48 bits per heavy atom. The normalized spacial score (nSPS) is 12.4. The van der Waals surface area contributed by atoms with E-state index in [1.54, 1.807) is 18.2 Å². The Hall–Kier alpha value is -2.04. The molecule has 0 radical (unpaired) electrons. The molecule has 1 unspecified atom stereocenters. The number of halogens is 1. The molecule has 0 bridgehead atoms. The molecular formula is C22H38IN5O3. The molecule has 9 heteroatoms. The van der Waals surface area contributed by atoms with Crippen molar-refractivity contribution in [2.75, 3.05) is 13.1 Å². The number of unbranched alkanes of at least 4 members (excludes halogenated alkanes) is 1. The maximum absolute atomic E-state index is 12.0. The standard InChI is InChI=1S/C22H37N5O3.HI/c1-6-8-12-18(15-26-21(29)30-22(3,4)5)27-20(24-7-2)25-14-16-10-9-11-17(13-16)19(23)28;/h9-11,13,18H,6-8,12,14-15H2,1-5H3,(H2,23,28)(H,26,29)(H2,24,25,27);1H. The molecule has 1 aromatic carbocycles. The summed E-state index contributed by atoms with van der Waals surface area (Å²) in [7, 11) is 0. The number of guanidine groups is 1. The number of aliphatic imine (C=N–C) groups is 1. The zero-order valence-electron chi connectivity index (χ0n) is 19.3. The lowest BCUT2D eigenvalue weighted by Gasteiger charge is -2.24. The fraction of sp³-hybridized carbons (Fsp3) is 0.591. The summed E-state index contributed by atoms with van der Waals surface area (Å²) in [5.74, 6) is 0.188. The number of alkyl carbamates (subject to hydrolysis) is 1. The van der Waals surface area contributed by atoms with Crippen LogP contribution >= 0.6 is 24.0 Å². The van der Waals surface area contributed by atoms with Crippen molar-refractivity contribution in [3.8, 4) is 0 Å². The molecule has 1 rings (SSSR count). The lowest BCUT2D eigenvalue weighted by molar-refractivity contribution is 0.0522. The van der Waals surface area contributed by atoms with Crippen LogP contribution in [-0.4, -0.2) is 42.7 Å². The third-order valence-corrected chi connectivity index (χ3v) is 4.11. The molecule has 2 amide bonds. The van der Waals surface area contributed by atoms with Crippen molar-refractivity contribution in [3.63, 3.8) is 0 Å². The van der Waals surface area contributed by atoms with E-state index in [4.69, 9.17) is 10.5 Å². The molecule has 0 heterocycles. The van der Waals surface area contributed by atoms with Crippen molar-refractivity contribution in [3.05, 3.63) is 35.4 Å². The number of nitrogens with two attached hydrogens (primary N) is 1. The van der Waals surface area contributed by atoms with Gasteiger partial charge in [0.15, 0.2) is 5.96 Å². The van der Waals surface area contributed by atoms with Crippen LogP contribution < -0.4 is 21.7 Å². The minimum Gasteiger partial charge on any atom is -0.444 e. The number of carbonyl (C=O) groups excluding carboxylic acids is 2. The molecule has 0 aromatic heterocycles. The fourth-order valence-electron chi connectivity index (χ4n) is 2.70. The SMILES string of the molecule is CCCCC(CNC(=O)OC(C)(C)C)NC(=NCc1cccc(C(N)=O)c1)NCC.I. The van der Waals surface area contributed by atoms with Gasteiger partial charge in [0.2, 0.25) is 5.91 Å². The monoisotopic (exact) mass is 547 g/mol. The molecule has 1 atom stereocenters. The van der Waals surface area contributed by atoms with Gasteiger partial charge in [0.1, 0.15) is 5.60 Å². The van der Waals surface area contributed by atoms with E-state index in [2.05, 4.69) is 27.9 Å². The number of rotatable bonds is 10. The first kappa shape index (κ1) is 29.0. The number of hydrogen-bond acceptors (Lipinski definition) is 4. The molecule has 5 N–H and O–H groups in total. The molecule has 0 aliphatic carbocycles.